The van der Waals surface area contributed by atoms with Crippen LogP contribution in [0, 0.1) is 0 Å². The predicted molar refractivity (Wildman–Crippen MR) is 70.3 cm³/mol. The van der Waals surface area contributed by atoms with Gasteiger partial charge in [0.05, 0.1) is 26.1 Å². The summed E-state index contributed by atoms with van der Waals surface area (Å²) in [5, 5.41) is 0. The number of carbonyl (C=O) groups excluding carboxylic acids is 2. The van der Waals surface area contributed by atoms with Gasteiger partial charge in [-0.2, -0.15) is 0 Å². The molecule has 0 fully saturated rings. The van der Waals surface area contributed by atoms with E-state index in [1.54, 1.807) is 14.0 Å². The summed E-state index contributed by atoms with van der Waals surface area (Å²) < 4.78 is 10.3. The first-order valence-corrected chi connectivity index (χ1v) is 6.51. The molecular formula is C15H18O4. The molecule has 1 aliphatic carbocycles. The molecule has 1 aromatic rings. The van der Waals surface area contributed by atoms with Gasteiger partial charge in [-0.05, 0) is 30.5 Å². The number of Topliss-reactive ketones (excluding diaryl/α,β-unsaturated/α-hetero) is 1. The molecule has 0 heterocycles. The molecule has 1 unspecified atom stereocenters. The minimum Gasteiger partial charge on any atom is -0.496 e. The number of benzene rings is 1. The first kappa shape index (κ1) is 13.6. The third-order valence-electron chi connectivity index (χ3n) is 3.45. The summed E-state index contributed by atoms with van der Waals surface area (Å²) in [5.41, 5.74) is 1.95. The molecule has 0 bridgehead atoms. The number of carbonyl (C=O) groups is 2. The quantitative estimate of drug-likeness (QED) is 0.781. The Balaban J connectivity index is 2.30. The number of fused-ring (bicyclic) bond motifs is 1. The molecule has 0 amide bonds. The maximum absolute atomic E-state index is 12.0. The van der Waals surface area contributed by atoms with Crippen LogP contribution < -0.4 is 4.74 Å². The number of ketones is 1. The summed E-state index contributed by atoms with van der Waals surface area (Å²) in [4.78, 5) is 23.7. The van der Waals surface area contributed by atoms with Crippen LogP contribution in [0.15, 0.2) is 18.2 Å². The zero-order valence-corrected chi connectivity index (χ0v) is 11.3. The van der Waals surface area contributed by atoms with Crippen LogP contribution >= 0.6 is 0 Å². The summed E-state index contributed by atoms with van der Waals surface area (Å²) in [6.45, 7) is 2.10. The number of hydrogen-bond acceptors (Lipinski definition) is 4. The largest absolute Gasteiger partial charge is 0.496 e. The molecule has 0 aliphatic heterocycles. The molecule has 0 spiro atoms. The molecule has 2 rings (SSSR count). The van der Waals surface area contributed by atoms with Crippen LogP contribution in [0.4, 0.5) is 0 Å². The van der Waals surface area contributed by atoms with E-state index in [1.165, 1.54) is 0 Å². The summed E-state index contributed by atoms with van der Waals surface area (Å²) in [7, 11) is 1.62. The van der Waals surface area contributed by atoms with Gasteiger partial charge in [-0.3, -0.25) is 9.59 Å². The number of rotatable bonds is 4. The van der Waals surface area contributed by atoms with Gasteiger partial charge >= 0.3 is 5.97 Å². The molecule has 1 atom stereocenters. The van der Waals surface area contributed by atoms with Crippen LogP contribution in [0.2, 0.25) is 0 Å². The standard InChI is InChI=1S/C15H18O4/c1-3-19-15(17)9-12-10-5-4-6-14(18-2)11(10)7-8-13(12)16/h4-6,12H,3,7-9H2,1-2H3. The SMILES string of the molecule is CCOC(=O)CC1C(=O)CCc2c(OC)cccc21. The van der Waals surface area contributed by atoms with Crippen molar-refractivity contribution < 1.29 is 19.1 Å². The van der Waals surface area contributed by atoms with Gasteiger partial charge in [-0.1, -0.05) is 12.1 Å². The van der Waals surface area contributed by atoms with Crippen LogP contribution in [0.5, 0.6) is 5.75 Å². The first-order valence-electron chi connectivity index (χ1n) is 6.51. The topological polar surface area (TPSA) is 52.6 Å². The second kappa shape index (κ2) is 5.87. The monoisotopic (exact) mass is 262 g/mol. The molecule has 4 heteroatoms. The van der Waals surface area contributed by atoms with Crippen LogP contribution in [0.3, 0.4) is 0 Å². The average Bonchev–Trinajstić information content (AvgIpc) is 2.41. The highest BCUT2D eigenvalue weighted by atomic mass is 16.5. The highest BCUT2D eigenvalue weighted by Gasteiger charge is 2.31. The minimum absolute atomic E-state index is 0.105. The smallest absolute Gasteiger partial charge is 0.306 e. The van der Waals surface area contributed by atoms with E-state index in [-0.39, 0.29) is 18.2 Å². The van der Waals surface area contributed by atoms with Crippen molar-refractivity contribution in [2.45, 2.75) is 32.1 Å². The van der Waals surface area contributed by atoms with Crippen LogP contribution in [0.1, 0.15) is 36.8 Å². The van der Waals surface area contributed by atoms with Crippen molar-refractivity contribution in [3.8, 4) is 5.75 Å². The van der Waals surface area contributed by atoms with Gasteiger partial charge in [0.2, 0.25) is 0 Å². The third kappa shape index (κ3) is 2.78. The molecular weight excluding hydrogens is 244 g/mol. The van der Waals surface area contributed by atoms with Crippen LogP contribution in [-0.2, 0) is 20.7 Å². The van der Waals surface area contributed by atoms with Crippen molar-refractivity contribution in [2.75, 3.05) is 13.7 Å². The second-order valence-electron chi connectivity index (χ2n) is 4.56. The lowest BCUT2D eigenvalue weighted by molar-refractivity contribution is -0.145. The van der Waals surface area contributed by atoms with E-state index in [2.05, 4.69) is 0 Å². The molecule has 0 N–H and O–H groups in total. The van der Waals surface area contributed by atoms with E-state index in [4.69, 9.17) is 9.47 Å². The Morgan fingerprint density at radius 3 is 2.84 bits per heavy atom. The second-order valence-corrected chi connectivity index (χ2v) is 4.56. The summed E-state index contributed by atoms with van der Waals surface area (Å²) in [6, 6.07) is 5.64. The fraction of sp³-hybridized carbons (Fsp3) is 0.467. The maximum atomic E-state index is 12.0. The van der Waals surface area contributed by atoms with Gasteiger partial charge in [0.15, 0.2) is 0 Å². The van der Waals surface area contributed by atoms with Crippen LogP contribution in [0.25, 0.3) is 0 Å². The number of methoxy groups -OCH3 is 1. The number of esters is 1. The normalized spacial score (nSPS) is 17.8. The van der Waals surface area contributed by atoms with E-state index >= 15 is 0 Å². The van der Waals surface area contributed by atoms with Crippen molar-refractivity contribution in [3.63, 3.8) is 0 Å². The lowest BCUT2D eigenvalue weighted by atomic mass is 9.80. The molecule has 102 valence electrons. The number of hydrogen-bond donors (Lipinski definition) is 0. The highest BCUT2D eigenvalue weighted by molar-refractivity contribution is 5.92. The van der Waals surface area contributed by atoms with Crippen LogP contribution in [-0.4, -0.2) is 25.5 Å². The fourth-order valence-corrected chi connectivity index (χ4v) is 2.57. The lowest BCUT2D eigenvalue weighted by Crippen LogP contribution is -2.24. The molecule has 4 nitrogen and oxygen atoms in total. The molecule has 0 radical (unpaired) electrons. The molecule has 0 saturated heterocycles. The van der Waals surface area contributed by atoms with E-state index in [0.29, 0.717) is 19.4 Å². The van der Waals surface area contributed by atoms with E-state index in [0.717, 1.165) is 16.9 Å². The highest BCUT2D eigenvalue weighted by Crippen LogP contribution is 2.36. The third-order valence-corrected chi connectivity index (χ3v) is 3.45. The molecule has 1 aliphatic rings. The van der Waals surface area contributed by atoms with Gasteiger partial charge in [0.25, 0.3) is 0 Å². The minimum atomic E-state index is -0.391. The lowest BCUT2D eigenvalue weighted by Gasteiger charge is -2.25. The molecule has 0 saturated carbocycles. The Morgan fingerprint density at radius 1 is 1.37 bits per heavy atom. The zero-order chi connectivity index (χ0) is 13.8. The maximum Gasteiger partial charge on any atom is 0.306 e. The van der Waals surface area contributed by atoms with Crippen molar-refractivity contribution in [1.82, 2.24) is 0 Å². The van der Waals surface area contributed by atoms with Gasteiger partial charge < -0.3 is 9.47 Å². The van der Waals surface area contributed by atoms with E-state index in [1.807, 2.05) is 18.2 Å². The van der Waals surface area contributed by atoms with Gasteiger partial charge in [0, 0.05) is 6.42 Å². The number of ether oxygens (including phenoxy) is 2. The molecule has 1 aromatic carbocycles. The van der Waals surface area contributed by atoms with Crippen molar-refractivity contribution in [3.05, 3.63) is 29.3 Å². The van der Waals surface area contributed by atoms with Gasteiger partial charge in [-0.25, -0.2) is 0 Å². The van der Waals surface area contributed by atoms with Crippen molar-refractivity contribution >= 4 is 11.8 Å². The summed E-state index contributed by atoms with van der Waals surface area (Å²) in [5.74, 6) is 0.182. The van der Waals surface area contributed by atoms with Crippen molar-refractivity contribution in [1.29, 1.82) is 0 Å². The molecule has 19 heavy (non-hydrogen) atoms. The van der Waals surface area contributed by atoms with E-state index in [9.17, 15) is 9.59 Å². The van der Waals surface area contributed by atoms with E-state index < -0.39 is 5.92 Å². The first-order chi connectivity index (χ1) is 9.17. The Morgan fingerprint density at radius 2 is 2.16 bits per heavy atom. The summed E-state index contributed by atoms with van der Waals surface area (Å²) >= 11 is 0. The fourth-order valence-electron chi connectivity index (χ4n) is 2.57. The Kier molecular flexibility index (Phi) is 4.20. The zero-order valence-electron chi connectivity index (χ0n) is 11.3. The summed E-state index contributed by atoms with van der Waals surface area (Å²) in [6.07, 6.45) is 1.25. The predicted octanol–water partition coefficient (Wildman–Crippen LogP) is 2.25. The average molecular weight is 262 g/mol. The Hall–Kier alpha value is -1.84. The molecule has 0 aromatic heterocycles. The van der Waals surface area contributed by atoms with Crippen molar-refractivity contribution in [2.24, 2.45) is 0 Å². The van der Waals surface area contributed by atoms with Gasteiger partial charge in [0.1, 0.15) is 11.5 Å². The Bertz CT molecular complexity index is 493. The van der Waals surface area contributed by atoms with Gasteiger partial charge in [-0.15, -0.1) is 0 Å². The Labute approximate surface area is 112 Å².